The number of carboxylic acids is 1. The lowest BCUT2D eigenvalue weighted by Crippen LogP contribution is -2.25. The van der Waals surface area contributed by atoms with E-state index in [-0.39, 0.29) is 24.4 Å². The normalized spacial score (nSPS) is 12.5. The van der Waals surface area contributed by atoms with Gasteiger partial charge in [0.25, 0.3) is 0 Å². The Balaban J connectivity index is 0.00000158. The van der Waals surface area contributed by atoms with Crippen LogP contribution in [-0.2, 0) is 24.2 Å². The third kappa shape index (κ3) is 9.07. The number of fused-ring (bicyclic) bond motifs is 1. The lowest BCUT2D eigenvalue weighted by molar-refractivity contribution is -0.136. The van der Waals surface area contributed by atoms with Crippen molar-refractivity contribution < 1.29 is 23.8 Å². The molecule has 2 aromatic rings. The minimum absolute atomic E-state index is 0.100. The second-order valence-corrected chi connectivity index (χ2v) is 7.82. The van der Waals surface area contributed by atoms with Gasteiger partial charge < -0.3 is 14.6 Å². The summed E-state index contributed by atoms with van der Waals surface area (Å²) in [5.74, 6) is 0.330. The molecule has 0 amide bonds. The van der Waals surface area contributed by atoms with E-state index in [1.807, 2.05) is 81.4 Å². The van der Waals surface area contributed by atoms with Crippen LogP contribution in [0, 0.1) is 19.7 Å². The maximum atomic E-state index is 14.0. The molecular weight excluding hydrogens is 419 g/mol. The predicted molar refractivity (Wildman–Crippen MR) is 135 cm³/mol. The van der Waals surface area contributed by atoms with E-state index in [9.17, 15) is 9.18 Å². The van der Waals surface area contributed by atoms with E-state index < -0.39 is 5.97 Å². The third-order valence-electron chi connectivity index (χ3n) is 4.83. The van der Waals surface area contributed by atoms with Crippen molar-refractivity contribution >= 4 is 5.97 Å². The van der Waals surface area contributed by atoms with Crippen LogP contribution in [0.4, 0.5) is 4.39 Å². The number of hydrogen-bond acceptors (Lipinski definition) is 3. The van der Waals surface area contributed by atoms with Crippen molar-refractivity contribution in [1.82, 2.24) is 0 Å². The standard InChI is InChI=1S/C22H25FO4.3C2H6/c1-13-8-19(14(2)7-15(13)5-6-20(24)25)26-12-17-10-18(23)9-16-11-22(3,4)27-21(16)17;3*1-2/h7-10H,5-6,11-12H2,1-4H3,(H,24,25);3*1-2H3. The molecule has 3 rings (SSSR count). The molecule has 2 aromatic carbocycles. The monoisotopic (exact) mass is 462 g/mol. The predicted octanol–water partition coefficient (Wildman–Crippen LogP) is 7.83. The van der Waals surface area contributed by atoms with Crippen LogP contribution in [0.15, 0.2) is 24.3 Å². The summed E-state index contributed by atoms with van der Waals surface area (Å²) in [6.45, 7) is 20.0. The molecule has 0 aliphatic carbocycles. The molecule has 0 saturated carbocycles. The molecule has 1 N–H and O–H groups in total. The van der Waals surface area contributed by atoms with Gasteiger partial charge in [-0.1, -0.05) is 47.6 Å². The van der Waals surface area contributed by atoms with Crippen molar-refractivity contribution in [2.45, 2.75) is 101 Å². The van der Waals surface area contributed by atoms with Crippen molar-refractivity contribution in [2.75, 3.05) is 0 Å². The first-order valence-electron chi connectivity index (χ1n) is 12.1. The van der Waals surface area contributed by atoms with Gasteiger partial charge in [0, 0.05) is 24.0 Å². The topological polar surface area (TPSA) is 55.8 Å². The molecule has 4 nitrogen and oxygen atoms in total. The average Bonchev–Trinajstić information content (AvgIpc) is 3.10. The Hall–Kier alpha value is -2.56. The smallest absolute Gasteiger partial charge is 0.303 e. The Morgan fingerprint density at radius 2 is 1.61 bits per heavy atom. The van der Waals surface area contributed by atoms with Crippen LogP contribution in [0.1, 0.15) is 89.6 Å². The molecule has 0 bridgehead atoms. The van der Waals surface area contributed by atoms with Crippen molar-refractivity contribution in [3.63, 3.8) is 0 Å². The number of ether oxygens (including phenoxy) is 2. The molecule has 0 spiro atoms. The van der Waals surface area contributed by atoms with Crippen LogP contribution < -0.4 is 9.47 Å². The quantitative estimate of drug-likeness (QED) is 0.475. The Labute approximate surface area is 200 Å². The third-order valence-corrected chi connectivity index (χ3v) is 4.83. The maximum Gasteiger partial charge on any atom is 0.303 e. The van der Waals surface area contributed by atoms with Crippen LogP contribution in [0.5, 0.6) is 11.5 Å². The highest BCUT2D eigenvalue weighted by atomic mass is 19.1. The van der Waals surface area contributed by atoms with Crippen LogP contribution >= 0.6 is 0 Å². The number of aryl methyl sites for hydroxylation is 3. The van der Waals surface area contributed by atoms with Gasteiger partial charge in [-0.2, -0.15) is 0 Å². The first-order valence-corrected chi connectivity index (χ1v) is 12.1. The fraction of sp³-hybridized carbons (Fsp3) is 0.536. The number of carboxylic acid groups (broad SMARTS) is 1. The van der Waals surface area contributed by atoms with E-state index >= 15 is 0 Å². The molecule has 0 saturated heterocycles. The van der Waals surface area contributed by atoms with Gasteiger partial charge in [0.1, 0.15) is 29.5 Å². The number of hydrogen-bond donors (Lipinski definition) is 1. The summed E-state index contributed by atoms with van der Waals surface area (Å²) in [7, 11) is 0. The minimum Gasteiger partial charge on any atom is -0.488 e. The van der Waals surface area contributed by atoms with Crippen LogP contribution in [0.3, 0.4) is 0 Å². The largest absolute Gasteiger partial charge is 0.488 e. The zero-order valence-electron chi connectivity index (χ0n) is 22.2. The Morgan fingerprint density at radius 1 is 1.00 bits per heavy atom. The van der Waals surface area contributed by atoms with Gasteiger partial charge in [-0.25, -0.2) is 4.39 Å². The first kappa shape index (κ1) is 30.4. The summed E-state index contributed by atoms with van der Waals surface area (Å²) in [4.78, 5) is 10.8. The summed E-state index contributed by atoms with van der Waals surface area (Å²) in [5.41, 5.74) is 4.13. The molecule has 0 fully saturated rings. The van der Waals surface area contributed by atoms with Gasteiger partial charge in [0.15, 0.2) is 0 Å². The van der Waals surface area contributed by atoms with Gasteiger partial charge in [-0.15, -0.1) is 0 Å². The van der Waals surface area contributed by atoms with Gasteiger partial charge in [-0.05, 0) is 69.0 Å². The first-order chi connectivity index (χ1) is 15.6. The Kier molecular flexibility index (Phi) is 13.4. The molecule has 0 radical (unpaired) electrons. The summed E-state index contributed by atoms with van der Waals surface area (Å²) >= 11 is 0. The average molecular weight is 463 g/mol. The molecule has 0 aromatic heterocycles. The maximum absolute atomic E-state index is 14.0. The minimum atomic E-state index is -0.810. The van der Waals surface area contributed by atoms with Gasteiger partial charge in [0.2, 0.25) is 0 Å². The zero-order chi connectivity index (χ0) is 25.8. The van der Waals surface area contributed by atoms with Crippen LogP contribution in [0.25, 0.3) is 0 Å². The summed E-state index contributed by atoms with van der Waals surface area (Å²) in [5, 5.41) is 8.87. The van der Waals surface area contributed by atoms with E-state index in [2.05, 4.69) is 0 Å². The van der Waals surface area contributed by atoms with Crippen LogP contribution in [-0.4, -0.2) is 16.7 Å². The van der Waals surface area contributed by atoms with E-state index in [4.69, 9.17) is 14.6 Å². The number of benzene rings is 2. The lowest BCUT2D eigenvalue weighted by atomic mass is 10.00. The molecule has 0 unspecified atom stereocenters. The van der Waals surface area contributed by atoms with E-state index in [0.717, 1.165) is 22.3 Å². The SMILES string of the molecule is CC.CC.CC.Cc1cc(OCc2cc(F)cc3c2OC(C)(C)C3)c(C)cc1CCC(=O)O. The molecule has 0 atom stereocenters. The van der Waals surface area contributed by atoms with Gasteiger partial charge in [-0.3, -0.25) is 4.79 Å². The molecule has 1 aliphatic rings. The fourth-order valence-corrected chi connectivity index (χ4v) is 3.52. The molecule has 5 heteroatoms. The van der Waals surface area contributed by atoms with E-state index in [1.54, 1.807) is 0 Å². The summed E-state index contributed by atoms with van der Waals surface area (Å²) in [6, 6.07) is 6.87. The highest BCUT2D eigenvalue weighted by Crippen LogP contribution is 2.39. The second kappa shape index (κ2) is 14.6. The molecule has 1 heterocycles. The number of carbonyl (C=O) groups is 1. The molecular formula is C28H43FO4. The second-order valence-electron chi connectivity index (χ2n) is 7.82. The Morgan fingerprint density at radius 3 is 2.18 bits per heavy atom. The summed E-state index contributed by atoms with van der Waals surface area (Å²) < 4.78 is 26.0. The molecule has 1 aliphatic heterocycles. The number of rotatable bonds is 6. The highest BCUT2D eigenvalue weighted by molar-refractivity contribution is 5.67. The Bertz CT molecular complexity index is 888. The highest BCUT2D eigenvalue weighted by Gasteiger charge is 2.32. The van der Waals surface area contributed by atoms with Crippen LogP contribution in [0.2, 0.25) is 0 Å². The number of aliphatic carboxylic acids is 1. The van der Waals surface area contributed by atoms with Crippen molar-refractivity contribution in [2.24, 2.45) is 0 Å². The fourth-order valence-electron chi connectivity index (χ4n) is 3.52. The number of halogens is 1. The van der Waals surface area contributed by atoms with Crippen molar-refractivity contribution in [3.8, 4) is 11.5 Å². The van der Waals surface area contributed by atoms with E-state index in [1.165, 1.54) is 12.1 Å². The lowest BCUT2D eigenvalue weighted by Gasteiger charge is -2.19. The molecule has 186 valence electrons. The van der Waals surface area contributed by atoms with Gasteiger partial charge >= 0.3 is 5.97 Å². The van der Waals surface area contributed by atoms with Crippen molar-refractivity contribution in [1.29, 1.82) is 0 Å². The summed E-state index contributed by atoms with van der Waals surface area (Å²) in [6.07, 6.45) is 1.26. The van der Waals surface area contributed by atoms with E-state index in [0.29, 0.717) is 29.9 Å². The molecule has 33 heavy (non-hydrogen) atoms. The zero-order valence-corrected chi connectivity index (χ0v) is 22.2. The van der Waals surface area contributed by atoms with Crippen molar-refractivity contribution in [3.05, 3.63) is 57.9 Å². The van der Waals surface area contributed by atoms with Gasteiger partial charge in [0.05, 0.1) is 0 Å².